The molecule has 0 bridgehead atoms. The summed E-state index contributed by atoms with van der Waals surface area (Å²) in [6, 6.07) is 8.82. The summed E-state index contributed by atoms with van der Waals surface area (Å²) in [5, 5.41) is 11.7. The van der Waals surface area contributed by atoms with Crippen molar-refractivity contribution in [3.8, 4) is 6.07 Å². The average molecular weight is 243 g/mol. The van der Waals surface area contributed by atoms with Gasteiger partial charge in [-0.25, -0.2) is 0 Å². The van der Waals surface area contributed by atoms with Gasteiger partial charge in [-0.2, -0.15) is 5.26 Å². The molecule has 0 radical (unpaired) electrons. The largest absolute Gasteiger partial charge is 0.352 e. The van der Waals surface area contributed by atoms with Crippen LogP contribution < -0.4 is 5.32 Å². The second-order valence-corrected chi connectivity index (χ2v) is 4.82. The van der Waals surface area contributed by atoms with E-state index in [1.807, 2.05) is 6.07 Å². The number of nitrogens with one attached hydrogen (secondary N) is 1. The number of nitriles is 1. The van der Waals surface area contributed by atoms with Gasteiger partial charge in [0, 0.05) is 18.7 Å². The van der Waals surface area contributed by atoms with Crippen molar-refractivity contribution >= 4 is 5.91 Å². The van der Waals surface area contributed by atoms with Gasteiger partial charge >= 0.3 is 0 Å². The van der Waals surface area contributed by atoms with Gasteiger partial charge in [-0.05, 0) is 44.1 Å². The molecule has 1 atom stereocenters. The zero-order valence-corrected chi connectivity index (χ0v) is 10.5. The number of rotatable bonds is 3. The number of nitrogens with zero attached hydrogens (tertiary/aromatic N) is 2. The molecule has 94 valence electrons. The molecule has 4 nitrogen and oxygen atoms in total. The van der Waals surface area contributed by atoms with Crippen LogP contribution in [0.15, 0.2) is 24.3 Å². The van der Waals surface area contributed by atoms with Crippen molar-refractivity contribution in [1.29, 1.82) is 5.26 Å². The Balaban J connectivity index is 1.89. The predicted molar refractivity (Wildman–Crippen MR) is 69.1 cm³/mol. The lowest BCUT2D eigenvalue weighted by molar-refractivity contribution is 0.0947. The van der Waals surface area contributed by atoms with Gasteiger partial charge in [-0.1, -0.05) is 6.07 Å². The summed E-state index contributed by atoms with van der Waals surface area (Å²) in [4.78, 5) is 14.2. The van der Waals surface area contributed by atoms with Crippen LogP contribution in [0.3, 0.4) is 0 Å². The summed E-state index contributed by atoms with van der Waals surface area (Å²) in [5.74, 6) is 0.444. The number of amides is 1. The molecule has 4 heteroatoms. The van der Waals surface area contributed by atoms with Crippen molar-refractivity contribution in [3.63, 3.8) is 0 Å². The van der Waals surface area contributed by atoms with Gasteiger partial charge in [0.2, 0.25) is 0 Å². The smallest absolute Gasteiger partial charge is 0.251 e. The predicted octanol–water partition coefficient (Wildman–Crippen LogP) is 1.24. The van der Waals surface area contributed by atoms with Crippen molar-refractivity contribution in [1.82, 2.24) is 10.2 Å². The van der Waals surface area contributed by atoms with Crippen molar-refractivity contribution < 1.29 is 4.79 Å². The maximum absolute atomic E-state index is 11.9. The van der Waals surface area contributed by atoms with Crippen LogP contribution in [-0.4, -0.2) is 37.5 Å². The summed E-state index contributed by atoms with van der Waals surface area (Å²) in [5.41, 5.74) is 1.07. The Hall–Kier alpha value is -1.86. The topological polar surface area (TPSA) is 56.1 Å². The molecule has 1 fully saturated rings. The average Bonchev–Trinajstić information content (AvgIpc) is 2.82. The van der Waals surface area contributed by atoms with Crippen molar-refractivity contribution in [2.24, 2.45) is 5.92 Å². The van der Waals surface area contributed by atoms with Crippen LogP contribution in [0.25, 0.3) is 0 Å². The standard InChI is InChI=1S/C14H17N3O/c1-17-6-5-12(10-17)9-16-14(18)13-4-2-3-11(7-13)8-15/h2-4,7,12H,5-6,9-10H2,1H3,(H,16,18). The van der Waals surface area contributed by atoms with Crippen LogP contribution in [0.1, 0.15) is 22.3 Å². The fraction of sp³-hybridized carbons (Fsp3) is 0.429. The third kappa shape index (κ3) is 3.08. The lowest BCUT2D eigenvalue weighted by Crippen LogP contribution is -2.30. The van der Waals surface area contributed by atoms with E-state index in [1.54, 1.807) is 24.3 Å². The Morgan fingerprint density at radius 3 is 3.11 bits per heavy atom. The third-order valence-electron chi connectivity index (χ3n) is 3.29. The fourth-order valence-corrected chi connectivity index (χ4v) is 2.26. The van der Waals surface area contributed by atoms with E-state index in [0.29, 0.717) is 23.6 Å². The maximum Gasteiger partial charge on any atom is 0.251 e. The third-order valence-corrected chi connectivity index (χ3v) is 3.29. The highest BCUT2D eigenvalue weighted by atomic mass is 16.1. The zero-order valence-electron chi connectivity index (χ0n) is 10.5. The molecule has 1 aromatic carbocycles. The van der Waals surface area contributed by atoms with Crippen LogP contribution in [0.5, 0.6) is 0 Å². The molecule has 0 spiro atoms. The number of hydrogen-bond acceptors (Lipinski definition) is 3. The normalized spacial score (nSPS) is 19.4. The van der Waals surface area contributed by atoms with Gasteiger partial charge < -0.3 is 10.2 Å². The molecule has 1 saturated heterocycles. The van der Waals surface area contributed by atoms with E-state index in [1.165, 1.54) is 0 Å². The van der Waals surface area contributed by atoms with E-state index < -0.39 is 0 Å². The first-order valence-corrected chi connectivity index (χ1v) is 6.16. The first kappa shape index (κ1) is 12.6. The monoisotopic (exact) mass is 243 g/mol. The highest BCUT2D eigenvalue weighted by molar-refractivity contribution is 5.94. The van der Waals surface area contributed by atoms with E-state index in [0.717, 1.165) is 19.5 Å². The van der Waals surface area contributed by atoms with Gasteiger partial charge in [0.05, 0.1) is 11.6 Å². The highest BCUT2D eigenvalue weighted by Crippen LogP contribution is 2.13. The van der Waals surface area contributed by atoms with Crippen molar-refractivity contribution in [2.75, 3.05) is 26.7 Å². The van der Waals surface area contributed by atoms with Crippen molar-refractivity contribution in [2.45, 2.75) is 6.42 Å². The first-order chi connectivity index (χ1) is 8.69. The lowest BCUT2D eigenvalue weighted by atomic mass is 10.1. The Kier molecular flexibility index (Phi) is 3.96. The summed E-state index contributed by atoms with van der Waals surface area (Å²) in [6.45, 7) is 2.85. The van der Waals surface area contributed by atoms with E-state index in [4.69, 9.17) is 5.26 Å². The van der Waals surface area contributed by atoms with Gasteiger partial charge in [0.25, 0.3) is 5.91 Å². The number of carbonyl (C=O) groups is 1. The second-order valence-electron chi connectivity index (χ2n) is 4.82. The van der Waals surface area contributed by atoms with Gasteiger partial charge in [0.15, 0.2) is 0 Å². The molecule has 1 aromatic rings. The van der Waals surface area contributed by atoms with Crippen LogP contribution in [-0.2, 0) is 0 Å². The minimum absolute atomic E-state index is 0.0957. The van der Waals surface area contributed by atoms with Gasteiger partial charge in [-0.15, -0.1) is 0 Å². The van der Waals surface area contributed by atoms with E-state index in [9.17, 15) is 4.79 Å². The summed E-state index contributed by atoms with van der Waals surface area (Å²) < 4.78 is 0. The summed E-state index contributed by atoms with van der Waals surface area (Å²) in [6.07, 6.45) is 1.13. The minimum Gasteiger partial charge on any atom is -0.352 e. The summed E-state index contributed by atoms with van der Waals surface area (Å²) >= 11 is 0. The molecule has 1 unspecified atom stereocenters. The maximum atomic E-state index is 11.9. The number of likely N-dealkylation sites (tertiary alicyclic amines) is 1. The number of carbonyl (C=O) groups excluding carboxylic acids is 1. The quantitative estimate of drug-likeness (QED) is 0.869. The Morgan fingerprint density at radius 2 is 2.44 bits per heavy atom. The molecule has 1 aliphatic heterocycles. The van der Waals surface area contributed by atoms with E-state index in [2.05, 4.69) is 17.3 Å². The van der Waals surface area contributed by atoms with E-state index in [-0.39, 0.29) is 5.91 Å². The van der Waals surface area contributed by atoms with Crippen LogP contribution in [0, 0.1) is 17.2 Å². The molecule has 0 saturated carbocycles. The highest BCUT2D eigenvalue weighted by Gasteiger charge is 2.19. The first-order valence-electron chi connectivity index (χ1n) is 6.16. The molecule has 0 aliphatic carbocycles. The Bertz CT molecular complexity index is 478. The lowest BCUT2D eigenvalue weighted by Gasteiger charge is -2.11. The Labute approximate surface area is 107 Å². The number of benzene rings is 1. The van der Waals surface area contributed by atoms with Gasteiger partial charge in [-0.3, -0.25) is 4.79 Å². The molecular weight excluding hydrogens is 226 g/mol. The SMILES string of the molecule is CN1CCC(CNC(=O)c2cccc(C#N)c2)C1. The molecule has 1 amide bonds. The van der Waals surface area contributed by atoms with Crippen LogP contribution in [0.2, 0.25) is 0 Å². The molecule has 1 aliphatic rings. The molecule has 1 N–H and O–H groups in total. The van der Waals surface area contributed by atoms with Gasteiger partial charge in [0.1, 0.15) is 0 Å². The van der Waals surface area contributed by atoms with Crippen molar-refractivity contribution in [3.05, 3.63) is 35.4 Å². The minimum atomic E-state index is -0.0957. The summed E-state index contributed by atoms with van der Waals surface area (Å²) in [7, 11) is 2.10. The second kappa shape index (κ2) is 5.65. The molecule has 0 aromatic heterocycles. The molecular formula is C14H17N3O. The molecule has 18 heavy (non-hydrogen) atoms. The molecule has 2 rings (SSSR count). The van der Waals surface area contributed by atoms with Crippen LogP contribution >= 0.6 is 0 Å². The zero-order chi connectivity index (χ0) is 13.0. The van der Waals surface area contributed by atoms with E-state index >= 15 is 0 Å². The fourth-order valence-electron chi connectivity index (χ4n) is 2.26. The number of hydrogen-bond donors (Lipinski definition) is 1. The van der Waals surface area contributed by atoms with Crippen LogP contribution in [0.4, 0.5) is 0 Å². The molecule has 1 heterocycles. The Morgan fingerprint density at radius 1 is 1.61 bits per heavy atom.